The molecule has 3 aromatic rings. The molecule has 0 saturated heterocycles. The number of nitrogens with one attached hydrogen (secondary N) is 3. The number of thiophene rings is 1. The van der Waals surface area contributed by atoms with Gasteiger partial charge in [0.1, 0.15) is 5.82 Å². The molecule has 140 valence electrons. The van der Waals surface area contributed by atoms with Crippen molar-refractivity contribution in [2.45, 2.75) is 26.2 Å². The number of aliphatic imine (C=N–C) groups is 1. The first kappa shape index (κ1) is 20.7. The van der Waals surface area contributed by atoms with Gasteiger partial charge in [-0.1, -0.05) is 25.1 Å². The van der Waals surface area contributed by atoms with Gasteiger partial charge in [-0.3, -0.25) is 4.99 Å². The summed E-state index contributed by atoms with van der Waals surface area (Å²) in [5.41, 5.74) is 2.10. The van der Waals surface area contributed by atoms with E-state index < -0.39 is 0 Å². The molecule has 2 aromatic heterocycles. The maximum atomic E-state index is 4.71. The second-order valence-electron chi connectivity index (χ2n) is 6.01. The predicted molar refractivity (Wildman–Crippen MR) is 122 cm³/mol. The molecule has 1 aromatic carbocycles. The normalized spacial score (nSPS) is 12.6. The van der Waals surface area contributed by atoms with Crippen molar-refractivity contribution < 1.29 is 0 Å². The molecule has 1 unspecified atom stereocenters. The monoisotopic (exact) mass is 483 g/mol. The van der Waals surface area contributed by atoms with E-state index in [1.54, 1.807) is 11.3 Å². The van der Waals surface area contributed by atoms with Crippen LogP contribution in [0.25, 0.3) is 11.0 Å². The van der Waals surface area contributed by atoms with E-state index >= 15 is 0 Å². The van der Waals surface area contributed by atoms with Crippen LogP contribution >= 0.6 is 35.3 Å². The standard InChI is InChI=1S/C19H25N5S.HI/c1-3-20-19(22-13-14(2)17-9-6-12-25-17)21-11-10-18-23-15-7-4-5-8-16(15)24-18;/h4-9,12,14H,3,10-11,13H2,1-2H3,(H,23,24)(H2,20,21,22);1H. The fourth-order valence-corrected chi connectivity index (χ4v) is 3.43. The molecule has 0 radical (unpaired) electrons. The van der Waals surface area contributed by atoms with Gasteiger partial charge in [0.2, 0.25) is 0 Å². The summed E-state index contributed by atoms with van der Waals surface area (Å²) < 4.78 is 0. The van der Waals surface area contributed by atoms with E-state index in [-0.39, 0.29) is 24.0 Å². The Kier molecular flexibility index (Phi) is 8.37. The van der Waals surface area contributed by atoms with E-state index in [2.05, 4.69) is 58.0 Å². The minimum absolute atomic E-state index is 0. The van der Waals surface area contributed by atoms with Crippen molar-refractivity contribution in [3.8, 4) is 0 Å². The fourth-order valence-electron chi connectivity index (χ4n) is 2.65. The summed E-state index contributed by atoms with van der Waals surface area (Å²) in [6.07, 6.45) is 0.833. The van der Waals surface area contributed by atoms with Crippen LogP contribution in [-0.2, 0) is 6.42 Å². The van der Waals surface area contributed by atoms with Crippen LogP contribution in [0.2, 0.25) is 0 Å². The third kappa shape index (κ3) is 5.70. The number of aromatic amines is 1. The van der Waals surface area contributed by atoms with Crippen molar-refractivity contribution in [3.05, 3.63) is 52.5 Å². The SMILES string of the molecule is CCNC(=NCC(C)c1cccs1)NCCc1nc2ccccc2[nH]1.I. The Hall–Kier alpha value is -1.61. The van der Waals surface area contributed by atoms with Gasteiger partial charge in [-0.2, -0.15) is 0 Å². The largest absolute Gasteiger partial charge is 0.357 e. The average Bonchev–Trinajstić information content (AvgIpc) is 3.28. The lowest BCUT2D eigenvalue weighted by atomic mass is 10.1. The number of aromatic nitrogens is 2. The number of hydrogen-bond acceptors (Lipinski definition) is 3. The molecule has 0 spiro atoms. The Morgan fingerprint density at radius 2 is 2.08 bits per heavy atom. The lowest BCUT2D eigenvalue weighted by Crippen LogP contribution is -2.38. The Morgan fingerprint density at radius 3 is 2.81 bits per heavy atom. The summed E-state index contributed by atoms with van der Waals surface area (Å²) in [4.78, 5) is 14.1. The second kappa shape index (κ2) is 10.5. The Morgan fingerprint density at radius 1 is 1.23 bits per heavy atom. The summed E-state index contributed by atoms with van der Waals surface area (Å²) in [7, 11) is 0. The minimum Gasteiger partial charge on any atom is -0.357 e. The van der Waals surface area contributed by atoms with E-state index in [1.165, 1.54) is 4.88 Å². The first-order valence-electron chi connectivity index (χ1n) is 8.75. The third-order valence-electron chi connectivity index (χ3n) is 3.99. The molecule has 7 heteroatoms. The van der Waals surface area contributed by atoms with Gasteiger partial charge in [0.05, 0.1) is 17.6 Å². The zero-order valence-electron chi connectivity index (χ0n) is 15.2. The van der Waals surface area contributed by atoms with Crippen LogP contribution in [0, 0.1) is 0 Å². The van der Waals surface area contributed by atoms with E-state index in [0.717, 1.165) is 48.9 Å². The summed E-state index contributed by atoms with van der Waals surface area (Å²) in [5.74, 6) is 2.30. The lowest BCUT2D eigenvalue weighted by molar-refractivity contribution is 0.748. The summed E-state index contributed by atoms with van der Waals surface area (Å²) in [6.45, 7) is 6.72. The molecule has 5 nitrogen and oxygen atoms in total. The number of hydrogen-bond donors (Lipinski definition) is 3. The number of H-pyrrole nitrogens is 1. The van der Waals surface area contributed by atoms with E-state index in [4.69, 9.17) is 4.99 Å². The average molecular weight is 483 g/mol. The van der Waals surface area contributed by atoms with E-state index in [0.29, 0.717) is 5.92 Å². The Bertz CT molecular complexity index is 779. The van der Waals surface area contributed by atoms with Gasteiger partial charge in [0, 0.05) is 30.3 Å². The summed E-state index contributed by atoms with van der Waals surface area (Å²) in [6, 6.07) is 12.4. The molecule has 0 bridgehead atoms. The van der Waals surface area contributed by atoms with Gasteiger partial charge in [-0.25, -0.2) is 4.98 Å². The smallest absolute Gasteiger partial charge is 0.191 e. The topological polar surface area (TPSA) is 65.1 Å². The minimum atomic E-state index is 0. The lowest BCUT2D eigenvalue weighted by Gasteiger charge is -2.12. The highest BCUT2D eigenvalue weighted by Gasteiger charge is 2.07. The number of rotatable bonds is 7. The van der Waals surface area contributed by atoms with Gasteiger partial charge in [0.25, 0.3) is 0 Å². The molecule has 0 aliphatic heterocycles. The van der Waals surface area contributed by atoms with Crippen LogP contribution in [0.1, 0.15) is 30.5 Å². The molecule has 1 atom stereocenters. The first-order valence-corrected chi connectivity index (χ1v) is 9.63. The number of para-hydroxylation sites is 2. The third-order valence-corrected chi connectivity index (χ3v) is 5.09. The molecule has 3 N–H and O–H groups in total. The van der Waals surface area contributed by atoms with Crippen LogP contribution in [-0.4, -0.2) is 35.6 Å². The maximum absolute atomic E-state index is 4.71. The van der Waals surface area contributed by atoms with Crippen LogP contribution in [0.15, 0.2) is 46.8 Å². The number of guanidine groups is 1. The van der Waals surface area contributed by atoms with Crippen LogP contribution in [0.4, 0.5) is 0 Å². The zero-order chi connectivity index (χ0) is 17.5. The van der Waals surface area contributed by atoms with Gasteiger partial charge in [-0.05, 0) is 30.5 Å². The quantitative estimate of drug-likeness (QED) is 0.269. The van der Waals surface area contributed by atoms with Gasteiger partial charge >= 0.3 is 0 Å². The van der Waals surface area contributed by atoms with Crippen molar-refractivity contribution in [2.75, 3.05) is 19.6 Å². The second-order valence-corrected chi connectivity index (χ2v) is 6.99. The zero-order valence-corrected chi connectivity index (χ0v) is 18.3. The number of nitrogens with zero attached hydrogens (tertiary/aromatic N) is 2. The fraction of sp³-hybridized carbons (Fsp3) is 0.368. The highest BCUT2D eigenvalue weighted by Crippen LogP contribution is 2.20. The molecular formula is C19H26IN5S. The highest BCUT2D eigenvalue weighted by atomic mass is 127. The Labute approximate surface area is 175 Å². The van der Waals surface area contributed by atoms with Crippen molar-refractivity contribution in [2.24, 2.45) is 4.99 Å². The molecule has 0 saturated carbocycles. The maximum Gasteiger partial charge on any atom is 0.191 e. The summed E-state index contributed by atoms with van der Waals surface area (Å²) >= 11 is 1.79. The number of imidazole rings is 1. The van der Waals surface area contributed by atoms with Crippen molar-refractivity contribution >= 4 is 52.3 Å². The van der Waals surface area contributed by atoms with Crippen LogP contribution < -0.4 is 10.6 Å². The molecule has 0 amide bonds. The van der Waals surface area contributed by atoms with Crippen molar-refractivity contribution in [1.82, 2.24) is 20.6 Å². The van der Waals surface area contributed by atoms with Gasteiger partial charge < -0.3 is 15.6 Å². The molecule has 0 aliphatic carbocycles. The number of benzene rings is 1. The molecule has 0 aliphatic rings. The molecular weight excluding hydrogens is 457 g/mol. The van der Waals surface area contributed by atoms with Gasteiger partial charge in [0.15, 0.2) is 5.96 Å². The molecule has 3 rings (SSSR count). The van der Waals surface area contributed by atoms with E-state index in [9.17, 15) is 0 Å². The number of halogens is 1. The van der Waals surface area contributed by atoms with Crippen LogP contribution in [0.5, 0.6) is 0 Å². The Balaban J connectivity index is 0.00000243. The van der Waals surface area contributed by atoms with Crippen molar-refractivity contribution in [3.63, 3.8) is 0 Å². The first-order chi connectivity index (χ1) is 12.3. The molecule has 26 heavy (non-hydrogen) atoms. The molecule has 2 heterocycles. The highest BCUT2D eigenvalue weighted by molar-refractivity contribution is 14.0. The summed E-state index contributed by atoms with van der Waals surface area (Å²) in [5, 5.41) is 8.82. The van der Waals surface area contributed by atoms with Crippen LogP contribution in [0.3, 0.4) is 0 Å². The van der Waals surface area contributed by atoms with Crippen molar-refractivity contribution in [1.29, 1.82) is 0 Å². The number of fused-ring (bicyclic) bond motifs is 1. The molecule has 0 fully saturated rings. The van der Waals surface area contributed by atoms with E-state index in [1.807, 2.05) is 18.2 Å². The predicted octanol–water partition coefficient (Wildman–Crippen LogP) is 4.14. The van der Waals surface area contributed by atoms with Gasteiger partial charge in [-0.15, -0.1) is 35.3 Å².